The van der Waals surface area contributed by atoms with Crippen molar-refractivity contribution < 1.29 is 19.1 Å². The molecule has 0 aliphatic carbocycles. The molecule has 0 bridgehead atoms. The molecule has 31 heavy (non-hydrogen) atoms. The Morgan fingerprint density at radius 3 is 2.29 bits per heavy atom. The van der Waals surface area contributed by atoms with Crippen molar-refractivity contribution in [2.75, 3.05) is 37.1 Å². The Balaban J connectivity index is 1.68. The van der Waals surface area contributed by atoms with E-state index in [2.05, 4.69) is 5.32 Å². The fourth-order valence-electron chi connectivity index (χ4n) is 3.09. The number of anilines is 2. The van der Waals surface area contributed by atoms with Crippen molar-refractivity contribution in [3.05, 3.63) is 90.0 Å². The van der Waals surface area contributed by atoms with E-state index in [0.29, 0.717) is 42.3 Å². The van der Waals surface area contributed by atoms with Gasteiger partial charge in [-0.05, 0) is 61.5 Å². The van der Waals surface area contributed by atoms with Crippen molar-refractivity contribution in [2.45, 2.75) is 6.92 Å². The Hall–Kier alpha value is -3.64. The van der Waals surface area contributed by atoms with E-state index in [-0.39, 0.29) is 11.8 Å². The number of benzene rings is 3. The van der Waals surface area contributed by atoms with Gasteiger partial charge in [-0.25, -0.2) is 0 Å². The van der Waals surface area contributed by atoms with Gasteiger partial charge in [0.05, 0.1) is 6.61 Å². The van der Waals surface area contributed by atoms with E-state index >= 15 is 0 Å². The van der Waals surface area contributed by atoms with Crippen molar-refractivity contribution in [3.63, 3.8) is 0 Å². The molecule has 0 radical (unpaired) electrons. The van der Waals surface area contributed by atoms with Gasteiger partial charge in [0.2, 0.25) is 0 Å². The van der Waals surface area contributed by atoms with Gasteiger partial charge in [0.15, 0.2) is 0 Å². The Kier molecular flexibility index (Phi) is 7.79. The van der Waals surface area contributed by atoms with Gasteiger partial charge in [0.1, 0.15) is 12.4 Å². The number of hydrogen-bond acceptors (Lipinski definition) is 4. The molecule has 2 amide bonds. The number of amides is 2. The highest BCUT2D eigenvalue weighted by molar-refractivity contribution is 6.08. The first-order valence-corrected chi connectivity index (χ1v) is 10.1. The molecule has 0 atom stereocenters. The standard InChI is InChI=1S/C25H26N2O4/c1-3-27(22-10-5-4-6-11-22)25(29)20-8-7-9-21(18-20)26-24(28)19-12-14-23(15-13-19)31-17-16-30-2/h4-15,18H,3,16-17H2,1-2H3,(H,26,28). The Morgan fingerprint density at radius 2 is 1.61 bits per heavy atom. The maximum Gasteiger partial charge on any atom is 0.258 e. The Morgan fingerprint density at radius 1 is 0.871 bits per heavy atom. The van der Waals surface area contributed by atoms with Crippen LogP contribution in [0.5, 0.6) is 5.75 Å². The van der Waals surface area contributed by atoms with Gasteiger partial charge in [-0.1, -0.05) is 24.3 Å². The molecule has 0 aliphatic rings. The number of ether oxygens (including phenoxy) is 2. The minimum absolute atomic E-state index is 0.123. The van der Waals surface area contributed by atoms with Crippen LogP contribution in [0.3, 0.4) is 0 Å². The van der Waals surface area contributed by atoms with Crippen LogP contribution >= 0.6 is 0 Å². The number of nitrogens with zero attached hydrogens (tertiary/aromatic N) is 1. The quantitative estimate of drug-likeness (QED) is 0.515. The lowest BCUT2D eigenvalue weighted by Crippen LogP contribution is -2.30. The predicted molar refractivity (Wildman–Crippen MR) is 122 cm³/mol. The lowest BCUT2D eigenvalue weighted by Gasteiger charge is -2.21. The van der Waals surface area contributed by atoms with E-state index in [0.717, 1.165) is 5.69 Å². The van der Waals surface area contributed by atoms with Gasteiger partial charge in [-0.15, -0.1) is 0 Å². The molecule has 0 fully saturated rings. The van der Waals surface area contributed by atoms with E-state index in [4.69, 9.17) is 9.47 Å². The molecule has 0 saturated heterocycles. The Bertz CT molecular complexity index is 1000. The molecule has 3 aromatic rings. The Labute approximate surface area is 182 Å². The van der Waals surface area contributed by atoms with Gasteiger partial charge in [-0.3, -0.25) is 9.59 Å². The van der Waals surface area contributed by atoms with Gasteiger partial charge >= 0.3 is 0 Å². The maximum absolute atomic E-state index is 13.0. The SMILES string of the molecule is CCN(C(=O)c1cccc(NC(=O)c2ccc(OCCOC)cc2)c1)c1ccccc1. The molecule has 0 spiro atoms. The molecule has 3 rings (SSSR count). The van der Waals surface area contributed by atoms with Crippen LogP contribution in [0.25, 0.3) is 0 Å². The third kappa shape index (κ3) is 5.93. The number of carbonyl (C=O) groups excluding carboxylic acids is 2. The molecule has 0 saturated carbocycles. The van der Waals surface area contributed by atoms with Gasteiger partial charge in [0, 0.05) is 36.2 Å². The average Bonchev–Trinajstić information content (AvgIpc) is 2.81. The van der Waals surface area contributed by atoms with Crippen LogP contribution in [0.4, 0.5) is 11.4 Å². The number of nitrogens with one attached hydrogen (secondary N) is 1. The summed E-state index contributed by atoms with van der Waals surface area (Å²) >= 11 is 0. The molecule has 6 heteroatoms. The monoisotopic (exact) mass is 418 g/mol. The summed E-state index contributed by atoms with van der Waals surface area (Å²) in [4.78, 5) is 27.3. The van der Waals surface area contributed by atoms with Crippen molar-refractivity contribution in [1.82, 2.24) is 0 Å². The van der Waals surface area contributed by atoms with Gasteiger partial charge in [0.25, 0.3) is 11.8 Å². The number of rotatable bonds is 9. The summed E-state index contributed by atoms with van der Waals surface area (Å²) in [6.07, 6.45) is 0. The van der Waals surface area contributed by atoms with Crippen LogP contribution in [-0.4, -0.2) is 38.7 Å². The smallest absolute Gasteiger partial charge is 0.258 e. The topological polar surface area (TPSA) is 67.9 Å². The number of carbonyl (C=O) groups is 2. The van der Waals surface area contributed by atoms with Crippen LogP contribution in [-0.2, 0) is 4.74 Å². The largest absolute Gasteiger partial charge is 0.491 e. The van der Waals surface area contributed by atoms with Gasteiger partial charge < -0.3 is 19.7 Å². The lowest BCUT2D eigenvalue weighted by atomic mass is 10.1. The number of methoxy groups -OCH3 is 1. The van der Waals surface area contributed by atoms with Crippen molar-refractivity contribution in [1.29, 1.82) is 0 Å². The summed E-state index contributed by atoms with van der Waals surface area (Å²) < 4.78 is 10.5. The molecule has 0 heterocycles. The minimum Gasteiger partial charge on any atom is -0.491 e. The van der Waals surface area contributed by atoms with Crippen LogP contribution in [0.2, 0.25) is 0 Å². The predicted octanol–water partition coefficient (Wildman–Crippen LogP) is 4.63. The summed E-state index contributed by atoms with van der Waals surface area (Å²) in [6, 6.07) is 23.3. The highest BCUT2D eigenvalue weighted by Crippen LogP contribution is 2.20. The second-order valence-electron chi connectivity index (χ2n) is 6.79. The fraction of sp³-hybridized carbons (Fsp3) is 0.200. The van der Waals surface area contributed by atoms with E-state index in [9.17, 15) is 9.59 Å². The molecule has 160 valence electrons. The zero-order chi connectivity index (χ0) is 22.1. The fourth-order valence-corrected chi connectivity index (χ4v) is 3.09. The summed E-state index contributed by atoms with van der Waals surface area (Å²) in [5.41, 5.74) is 2.39. The maximum atomic E-state index is 13.0. The molecule has 0 aliphatic heterocycles. The van der Waals surface area contributed by atoms with Crippen LogP contribution < -0.4 is 15.0 Å². The van der Waals surface area contributed by atoms with E-state index in [1.807, 2.05) is 37.3 Å². The first kappa shape index (κ1) is 22.1. The molecule has 6 nitrogen and oxygen atoms in total. The molecule has 3 aromatic carbocycles. The second-order valence-corrected chi connectivity index (χ2v) is 6.79. The zero-order valence-electron chi connectivity index (χ0n) is 17.7. The van der Waals surface area contributed by atoms with Crippen molar-refractivity contribution in [3.8, 4) is 5.75 Å². The van der Waals surface area contributed by atoms with E-state index < -0.39 is 0 Å². The summed E-state index contributed by atoms with van der Waals surface area (Å²) in [5, 5.41) is 2.85. The zero-order valence-corrected chi connectivity index (χ0v) is 17.7. The van der Waals surface area contributed by atoms with Crippen LogP contribution in [0, 0.1) is 0 Å². The number of hydrogen-bond donors (Lipinski definition) is 1. The summed E-state index contributed by atoms with van der Waals surface area (Å²) in [6.45, 7) is 3.41. The third-order valence-electron chi connectivity index (χ3n) is 4.67. The molecule has 0 unspecified atom stereocenters. The first-order valence-electron chi connectivity index (χ1n) is 10.1. The molecular formula is C25H26N2O4. The van der Waals surface area contributed by atoms with E-state index in [1.165, 1.54) is 0 Å². The summed E-state index contributed by atoms with van der Waals surface area (Å²) in [7, 11) is 1.61. The normalized spacial score (nSPS) is 10.4. The second kappa shape index (κ2) is 10.9. The highest BCUT2D eigenvalue weighted by atomic mass is 16.5. The van der Waals surface area contributed by atoms with Gasteiger partial charge in [-0.2, -0.15) is 0 Å². The van der Waals surface area contributed by atoms with Crippen LogP contribution in [0.15, 0.2) is 78.9 Å². The summed E-state index contributed by atoms with van der Waals surface area (Å²) in [5.74, 6) is 0.285. The van der Waals surface area contributed by atoms with Crippen molar-refractivity contribution >= 4 is 23.2 Å². The van der Waals surface area contributed by atoms with Crippen LogP contribution in [0.1, 0.15) is 27.6 Å². The molecular weight excluding hydrogens is 392 g/mol. The number of para-hydroxylation sites is 1. The highest BCUT2D eigenvalue weighted by Gasteiger charge is 2.16. The van der Waals surface area contributed by atoms with E-state index in [1.54, 1.807) is 60.5 Å². The van der Waals surface area contributed by atoms with Crippen molar-refractivity contribution in [2.24, 2.45) is 0 Å². The third-order valence-corrected chi connectivity index (χ3v) is 4.67. The first-order chi connectivity index (χ1) is 15.1. The average molecular weight is 418 g/mol. The molecule has 1 N–H and O–H groups in total. The lowest BCUT2D eigenvalue weighted by molar-refractivity contribution is 0.0985. The molecule has 0 aromatic heterocycles. The minimum atomic E-state index is -0.261.